The minimum absolute atomic E-state index is 0.508. The van der Waals surface area contributed by atoms with Crippen LogP contribution in [0, 0.1) is 5.92 Å². The van der Waals surface area contributed by atoms with E-state index in [2.05, 4.69) is 32.7 Å². The van der Waals surface area contributed by atoms with Gasteiger partial charge in [0.25, 0.3) is 0 Å². The van der Waals surface area contributed by atoms with Gasteiger partial charge in [0.1, 0.15) is 0 Å². The first-order valence-electron chi connectivity index (χ1n) is 4.76. The van der Waals surface area contributed by atoms with Gasteiger partial charge in [-0.05, 0) is 45.7 Å². The third kappa shape index (κ3) is 1.96. The number of rotatable bonds is 2. The Labute approximate surface area is 70.8 Å². The summed E-state index contributed by atoms with van der Waals surface area (Å²) in [7, 11) is 2.26. The van der Waals surface area contributed by atoms with Gasteiger partial charge >= 0.3 is 0 Å². The highest BCUT2D eigenvalue weighted by molar-refractivity contribution is 4.90. The highest BCUT2D eigenvalue weighted by atomic mass is 15.2. The van der Waals surface area contributed by atoms with Crippen molar-refractivity contribution in [2.45, 2.75) is 45.6 Å². The van der Waals surface area contributed by atoms with Crippen LogP contribution in [0.4, 0.5) is 0 Å². The summed E-state index contributed by atoms with van der Waals surface area (Å²) in [4.78, 5) is 2.52. The molecule has 1 heterocycles. The Kier molecular flexibility index (Phi) is 2.58. The predicted octanol–water partition coefficient (Wildman–Crippen LogP) is 2.52. The monoisotopic (exact) mass is 155 g/mol. The number of hydrogen-bond acceptors (Lipinski definition) is 1. The fourth-order valence-corrected chi connectivity index (χ4v) is 2.30. The predicted molar refractivity (Wildman–Crippen MR) is 49.7 cm³/mol. The molecule has 0 aromatic rings. The van der Waals surface area contributed by atoms with Gasteiger partial charge in [0.15, 0.2) is 0 Å². The molecule has 0 aromatic heterocycles. The minimum Gasteiger partial charge on any atom is -0.301 e. The summed E-state index contributed by atoms with van der Waals surface area (Å²) in [5.41, 5.74) is 0.508. The lowest BCUT2D eigenvalue weighted by Gasteiger charge is -2.33. The molecule has 1 heteroatoms. The third-order valence-corrected chi connectivity index (χ3v) is 2.98. The van der Waals surface area contributed by atoms with Crippen LogP contribution in [0.3, 0.4) is 0 Å². The standard InChI is InChI=1S/C10H21N/c1-9(2)8-10(3)6-5-7-11(10)4/h9H,5-8H2,1-4H3/t10-/m0/s1. The molecule has 1 rings (SSSR count). The van der Waals surface area contributed by atoms with E-state index in [1.54, 1.807) is 0 Å². The second-order valence-corrected chi connectivity index (χ2v) is 4.62. The average Bonchev–Trinajstić information content (AvgIpc) is 2.11. The molecule has 1 saturated heterocycles. The number of likely N-dealkylation sites (tertiary alicyclic amines) is 1. The molecule has 0 unspecified atom stereocenters. The first kappa shape index (κ1) is 9.05. The molecule has 0 spiro atoms. The van der Waals surface area contributed by atoms with Crippen molar-refractivity contribution >= 4 is 0 Å². The Morgan fingerprint density at radius 3 is 2.45 bits per heavy atom. The van der Waals surface area contributed by atoms with Crippen molar-refractivity contribution in [3.63, 3.8) is 0 Å². The van der Waals surface area contributed by atoms with Crippen LogP contribution in [0.25, 0.3) is 0 Å². The fourth-order valence-electron chi connectivity index (χ4n) is 2.30. The molecule has 0 radical (unpaired) electrons. The summed E-state index contributed by atoms with van der Waals surface area (Å²) >= 11 is 0. The Bertz CT molecular complexity index is 131. The molecule has 11 heavy (non-hydrogen) atoms. The molecule has 0 amide bonds. The highest BCUT2D eigenvalue weighted by Crippen LogP contribution is 2.32. The first-order valence-corrected chi connectivity index (χ1v) is 4.76. The molecule has 0 N–H and O–H groups in total. The largest absolute Gasteiger partial charge is 0.301 e. The fraction of sp³-hybridized carbons (Fsp3) is 1.00. The van der Waals surface area contributed by atoms with Gasteiger partial charge in [-0.15, -0.1) is 0 Å². The van der Waals surface area contributed by atoms with Crippen molar-refractivity contribution in [3.8, 4) is 0 Å². The third-order valence-electron chi connectivity index (χ3n) is 2.98. The van der Waals surface area contributed by atoms with Gasteiger partial charge in [-0.25, -0.2) is 0 Å². The van der Waals surface area contributed by atoms with Crippen molar-refractivity contribution in [2.75, 3.05) is 13.6 Å². The van der Waals surface area contributed by atoms with Gasteiger partial charge in [-0.1, -0.05) is 13.8 Å². The van der Waals surface area contributed by atoms with E-state index >= 15 is 0 Å². The van der Waals surface area contributed by atoms with Crippen LogP contribution in [-0.2, 0) is 0 Å². The topological polar surface area (TPSA) is 3.24 Å². The zero-order chi connectivity index (χ0) is 8.48. The molecular formula is C10H21N. The highest BCUT2D eigenvalue weighted by Gasteiger charge is 2.33. The first-order chi connectivity index (χ1) is 5.04. The molecule has 0 aromatic carbocycles. The van der Waals surface area contributed by atoms with Gasteiger partial charge in [-0.2, -0.15) is 0 Å². The summed E-state index contributed by atoms with van der Waals surface area (Å²) in [5, 5.41) is 0. The number of nitrogens with zero attached hydrogens (tertiary/aromatic N) is 1. The zero-order valence-corrected chi connectivity index (χ0v) is 8.35. The maximum Gasteiger partial charge on any atom is 0.0181 e. The van der Waals surface area contributed by atoms with Crippen LogP contribution in [-0.4, -0.2) is 24.0 Å². The lowest BCUT2D eigenvalue weighted by atomic mass is 9.89. The van der Waals surface area contributed by atoms with E-state index in [0.29, 0.717) is 5.54 Å². The normalized spacial score (nSPS) is 33.5. The van der Waals surface area contributed by atoms with Crippen LogP contribution in [0.5, 0.6) is 0 Å². The van der Waals surface area contributed by atoms with Crippen molar-refractivity contribution in [1.29, 1.82) is 0 Å². The Morgan fingerprint density at radius 2 is 2.09 bits per heavy atom. The van der Waals surface area contributed by atoms with Crippen molar-refractivity contribution < 1.29 is 0 Å². The Balaban J connectivity index is 2.51. The maximum absolute atomic E-state index is 2.52. The lowest BCUT2D eigenvalue weighted by molar-refractivity contribution is 0.163. The van der Waals surface area contributed by atoms with Crippen molar-refractivity contribution in [3.05, 3.63) is 0 Å². The molecule has 1 fully saturated rings. The van der Waals surface area contributed by atoms with Crippen LogP contribution in [0.2, 0.25) is 0 Å². The van der Waals surface area contributed by atoms with E-state index in [1.807, 2.05) is 0 Å². The van der Waals surface area contributed by atoms with Crippen molar-refractivity contribution in [1.82, 2.24) is 4.90 Å². The maximum atomic E-state index is 2.52. The summed E-state index contributed by atoms with van der Waals surface area (Å²) in [5.74, 6) is 0.834. The minimum atomic E-state index is 0.508. The van der Waals surface area contributed by atoms with E-state index in [4.69, 9.17) is 0 Å². The zero-order valence-electron chi connectivity index (χ0n) is 8.35. The van der Waals surface area contributed by atoms with Gasteiger partial charge in [0.05, 0.1) is 0 Å². The molecule has 1 aliphatic heterocycles. The molecule has 0 bridgehead atoms. The summed E-state index contributed by atoms with van der Waals surface area (Å²) in [6.45, 7) is 8.33. The quantitative estimate of drug-likeness (QED) is 0.592. The molecule has 66 valence electrons. The van der Waals surface area contributed by atoms with Crippen LogP contribution < -0.4 is 0 Å². The molecular weight excluding hydrogens is 134 g/mol. The van der Waals surface area contributed by atoms with Crippen LogP contribution >= 0.6 is 0 Å². The van der Waals surface area contributed by atoms with E-state index in [0.717, 1.165) is 5.92 Å². The number of hydrogen-bond donors (Lipinski definition) is 0. The Hall–Kier alpha value is -0.0400. The van der Waals surface area contributed by atoms with Crippen LogP contribution in [0.1, 0.15) is 40.0 Å². The van der Waals surface area contributed by atoms with Gasteiger partial charge in [0.2, 0.25) is 0 Å². The molecule has 1 aliphatic rings. The van der Waals surface area contributed by atoms with Gasteiger partial charge in [-0.3, -0.25) is 0 Å². The van der Waals surface area contributed by atoms with E-state index in [-0.39, 0.29) is 0 Å². The lowest BCUT2D eigenvalue weighted by Crippen LogP contribution is -2.39. The SMILES string of the molecule is CC(C)C[C@]1(C)CCCN1C. The summed E-state index contributed by atoms with van der Waals surface area (Å²) in [6, 6.07) is 0. The Morgan fingerprint density at radius 1 is 1.45 bits per heavy atom. The summed E-state index contributed by atoms with van der Waals surface area (Å²) < 4.78 is 0. The van der Waals surface area contributed by atoms with Crippen LogP contribution in [0.15, 0.2) is 0 Å². The molecule has 1 nitrogen and oxygen atoms in total. The van der Waals surface area contributed by atoms with Gasteiger partial charge in [0, 0.05) is 5.54 Å². The van der Waals surface area contributed by atoms with E-state index < -0.39 is 0 Å². The summed E-state index contributed by atoms with van der Waals surface area (Å²) in [6.07, 6.45) is 4.13. The average molecular weight is 155 g/mol. The van der Waals surface area contributed by atoms with E-state index in [9.17, 15) is 0 Å². The molecule has 0 aliphatic carbocycles. The molecule has 0 saturated carbocycles. The van der Waals surface area contributed by atoms with E-state index in [1.165, 1.54) is 25.8 Å². The van der Waals surface area contributed by atoms with Crippen molar-refractivity contribution in [2.24, 2.45) is 5.92 Å². The second kappa shape index (κ2) is 3.14. The smallest absolute Gasteiger partial charge is 0.0181 e. The van der Waals surface area contributed by atoms with Gasteiger partial charge < -0.3 is 4.90 Å². The second-order valence-electron chi connectivity index (χ2n) is 4.62. The molecule has 1 atom stereocenters.